The molecule has 0 atom stereocenters. The summed E-state index contributed by atoms with van der Waals surface area (Å²) in [5, 5.41) is 0. The second kappa shape index (κ2) is 5.37. The highest BCUT2D eigenvalue weighted by Gasteiger charge is 2.07. The number of Topliss-reactive ketones (excluding diaryl/α,β-unsaturated/α-hetero) is 1. The summed E-state index contributed by atoms with van der Waals surface area (Å²) in [5.74, 6) is -0.568. The molecule has 76 valence electrons. The number of halogens is 2. The molecule has 0 heterocycles. The Labute approximate surface area is 91.6 Å². The van der Waals surface area contributed by atoms with Gasteiger partial charge in [0.15, 0.2) is 5.78 Å². The van der Waals surface area contributed by atoms with Crippen molar-refractivity contribution in [2.75, 3.05) is 12.1 Å². The van der Waals surface area contributed by atoms with Gasteiger partial charge in [-0.2, -0.15) is 0 Å². The van der Waals surface area contributed by atoms with E-state index in [-0.39, 0.29) is 23.9 Å². The Morgan fingerprint density at radius 1 is 1.57 bits per heavy atom. The molecule has 0 amide bonds. The number of ketones is 1. The summed E-state index contributed by atoms with van der Waals surface area (Å²) >= 11 is 6.80. The third-order valence-electron chi connectivity index (χ3n) is 1.80. The molecule has 0 aliphatic heterocycles. The lowest BCUT2D eigenvalue weighted by molar-refractivity contribution is -0.116. The zero-order valence-electron chi connectivity index (χ0n) is 7.72. The van der Waals surface area contributed by atoms with Crippen molar-refractivity contribution < 1.29 is 9.18 Å². The van der Waals surface area contributed by atoms with E-state index < -0.39 is 0 Å². The van der Waals surface area contributed by atoms with Crippen molar-refractivity contribution in [2.45, 2.75) is 11.3 Å². The number of carbonyl (C=O) groups excluding carboxylic acids is 1. The molecule has 1 nitrogen and oxygen atoms in total. The van der Waals surface area contributed by atoms with Crippen molar-refractivity contribution in [1.82, 2.24) is 0 Å². The van der Waals surface area contributed by atoms with Gasteiger partial charge in [0, 0.05) is 11.3 Å². The molecule has 1 aromatic rings. The molecule has 0 aliphatic carbocycles. The van der Waals surface area contributed by atoms with Crippen LogP contribution >= 0.6 is 23.4 Å². The highest BCUT2D eigenvalue weighted by atomic mass is 35.5. The topological polar surface area (TPSA) is 17.1 Å². The van der Waals surface area contributed by atoms with Crippen LogP contribution in [0.4, 0.5) is 4.39 Å². The van der Waals surface area contributed by atoms with E-state index in [1.165, 1.54) is 17.8 Å². The first-order valence-electron chi connectivity index (χ1n) is 4.07. The van der Waals surface area contributed by atoms with Crippen LogP contribution in [0.2, 0.25) is 0 Å². The smallest absolute Gasteiger partial charge is 0.152 e. The van der Waals surface area contributed by atoms with Gasteiger partial charge < -0.3 is 0 Å². The van der Waals surface area contributed by atoms with Crippen molar-refractivity contribution in [1.29, 1.82) is 0 Å². The second-order valence-corrected chi connectivity index (χ2v) is 3.95. The van der Waals surface area contributed by atoms with Gasteiger partial charge in [0.05, 0.1) is 5.88 Å². The molecule has 0 aliphatic rings. The molecule has 14 heavy (non-hydrogen) atoms. The summed E-state index contributed by atoms with van der Waals surface area (Å²) < 4.78 is 13.3. The van der Waals surface area contributed by atoms with Gasteiger partial charge in [0.2, 0.25) is 0 Å². The van der Waals surface area contributed by atoms with Crippen molar-refractivity contribution in [3.8, 4) is 0 Å². The fourth-order valence-corrected chi connectivity index (χ4v) is 1.58. The van der Waals surface area contributed by atoms with Gasteiger partial charge in [0.25, 0.3) is 0 Å². The van der Waals surface area contributed by atoms with Gasteiger partial charge in [-0.1, -0.05) is 6.07 Å². The summed E-state index contributed by atoms with van der Waals surface area (Å²) in [6.07, 6.45) is 1.95. The van der Waals surface area contributed by atoms with E-state index in [0.717, 1.165) is 4.90 Å². The molecular formula is C10H10ClFOS. The Hall–Kier alpha value is -0.540. The van der Waals surface area contributed by atoms with Gasteiger partial charge in [-0.15, -0.1) is 23.4 Å². The summed E-state index contributed by atoms with van der Waals surface area (Å²) in [5.41, 5.74) is 0.411. The highest BCUT2D eigenvalue weighted by molar-refractivity contribution is 7.98. The molecular weight excluding hydrogens is 223 g/mol. The van der Waals surface area contributed by atoms with E-state index in [2.05, 4.69) is 0 Å². The van der Waals surface area contributed by atoms with Crippen LogP contribution in [0.5, 0.6) is 0 Å². The Kier molecular flexibility index (Phi) is 4.42. The largest absolute Gasteiger partial charge is 0.298 e. The average Bonchev–Trinajstić information content (AvgIpc) is 2.20. The average molecular weight is 233 g/mol. The SMILES string of the molecule is CSc1ccc(CC(=O)CCl)c(F)c1. The molecule has 0 N–H and O–H groups in total. The summed E-state index contributed by atoms with van der Waals surface area (Å²) in [6, 6.07) is 4.86. The van der Waals surface area contributed by atoms with Crippen LogP contribution < -0.4 is 0 Å². The van der Waals surface area contributed by atoms with Gasteiger partial charge >= 0.3 is 0 Å². The van der Waals surface area contributed by atoms with Gasteiger partial charge in [-0.3, -0.25) is 4.79 Å². The molecule has 0 bridgehead atoms. The zero-order chi connectivity index (χ0) is 10.6. The lowest BCUT2D eigenvalue weighted by Gasteiger charge is -2.02. The molecule has 0 spiro atoms. The van der Waals surface area contributed by atoms with Crippen molar-refractivity contribution in [3.05, 3.63) is 29.6 Å². The minimum Gasteiger partial charge on any atom is -0.298 e. The number of carbonyl (C=O) groups is 1. The molecule has 0 unspecified atom stereocenters. The molecule has 1 aromatic carbocycles. The van der Waals surface area contributed by atoms with E-state index in [1.807, 2.05) is 6.26 Å². The zero-order valence-corrected chi connectivity index (χ0v) is 9.29. The lowest BCUT2D eigenvalue weighted by atomic mass is 10.1. The minimum atomic E-state index is -0.338. The van der Waals surface area contributed by atoms with E-state index in [9.17, 15) is 9.18 Å². The van der Waals surface area contributed by atoms with E-state index in [4.69, 9.17) is 11.6 Å². The van der Waals surface area contributed by atoms with Crippen LogP contribution in [-0.4, -0.2) is 17.9 Å². The molecule has 4 heteroatoms. The lowest BCUT2D eigenvalue weighted by Crippen LogP contribution is -2.05. The monoisotopic (exact) mass is 232 g/mol. The predicted octanol–water partition coefficient (Wildman–Crippen LogP) is 2.90. The highest BCUT2D eigenvalue weighted by Crippen LogP contribution is 2.18. The van der Waals surface area contributed by atoms with Crippen LogP contribution in [0.1, 0.15) is 5.56 Å². The molecule has 0 fully saturated rings. The van der Waals surface area contributed by atoms with E-state index in [1.54, 1.807) is 12.1 Å². The van der Waals surface area contributed by atoms with Crippen LogP contribution in [0.25, 0.3) is 0 Å². The third kappa shape index (κ3) is 3.00. The van der Waals surface area contributed by atoms with Gasteiger partial charge in [-0.05, 0) is 24.0 Å². The van der Waals surface area contributed by atoms with Crippen LogP contribution in [0, 0.1) is 5.82 Å². The third-order valence-corrected chi connectivity index (χ3v) is 2.82. The first kappa shape index (κ1) is 11.5. The Balaban J connectivity index is 2.83. The van der Waals surface area contributed by atoms with Gasteiger partial charge in [-0.25, -0.2) is 4.39 Å². The number of thioether (sulfide) groups is 1. The first-order valence-corrected chi connectivity index (χ1v) is 5.83. The van der Waals surface area contributed by atoms with Crippen LogP contribution in [0.3, 0.4) is 0 Å². The van der Waals surface area contributed by atoms with Crippen LogP contribution in [-0.2, 0) is 11.2 Å². The van der Waals surface area contributed by atoms with Crippen molar-refractivity contribution >= 4 is 29.1 Å². The van der Waals surface area contributed by atoms with E-state index in [0.29, 0.717) is 5.56 Å². The minimum absolute atomic E-state index is 0.0658. The fourth-order valence-electron chi connectivity index (χ4n) is 1.06. The molecule has 1 rings (SSSR count). The van der Waals surface area contributed by atoms with E-state index >= 15 is 0 Å². The first-order chi connectivity index (χ1) is 6.67. The van der Waals surface area contributed by atoms with Crippen molar-refractivity contribution in [3.63, 3.8) is 0 Å². The van der Waals surface area contributed by atoms with Crippen molar-refractivity contribution in [2.24, 2.45) is 0 Å². The maximum Gasteiger partial charge on any atom is 0.152 e. The Morgan fingerprint density at radius 3 is 2.79 bits per heavy atom. The molecule has 0 saturated heterocycles. The molecule has 0 radical (unpaired) electrons. The number of hydrogen-bond acceptors (Lipinski definition) is 2. The quantitative estimate of drug-likeness (QED) is 0.587. The molecule has 0 saturated carbocycles. The normalized spacial score (nSPS) is 10.2. The van der Waals surface area contributed by atoms with Crippen LogP contribution in [0.15, 0.2) is 23.1 Å². The Bertz CT molecular complexity index is 341. The van der Waals surface area contributed by atoms with Gasteiger partial charge in [0.1, 0.15) is 5.82 Å². The second-order valence-electron chi connectivity index (χ2n) is 2.81. The maximum absolute atomic E-state index is 13.3. The fraction of sp³-hybridized carbons (Fsp3) is 0.300. The standard InChI is InChI=1S/C10H10ClFOS/c1-14-9-3-2-7(10(12)5-9)4-8(13)6-11/h2-3,5H,4,6H2,1H3. The number of rotatable bonds is 4. The number of alkyl halides is 1. The number of hydrogen-bond donors (Lipinski definition) is 0. The maximum atomic E-state index is 13.3. The number of benzene rings is 1. The summed E-state index contributed by atoms with van der Waals surface area (Å²) in [4.78, 5) is 11.8. The predicted molar refractivity (Wildman–Crippen MR) is 57.6 cm³/mol. The summed E-state index contributed by atoms with van der Waals surface area (Å²) in [6.45, 7) is 0. The Morgan fingerprint density at radius 2 is 2.29 bits per heavy atom. The summed E-state index contributed by atoms with van der Waals surface area (Å²) in [7, 11) is 0. The molecule has 0 aromatic heterocycles.